The van der Waals surface area contributed by atoms with E-state index in [1.54, 1.807) is 47.1 Å². The summed E-state index contributed by atoms with van der Waals surface area (Å²) in [4.78, 5) is 28.5. The van der Waals surface area contributed by atoms with E-state index >= 15 is 0 Å². The number of benzene rings is 2. The highest BCUT2D eigenvalue weighted by Crippen LogP contribution is 2.18. The van der Waals surface area contributed by atoms with Gasteiger partial charge in [0, 0.05) is 36.8 Å². The lowest BCUT2D eigenvalue weighted by Gasteiger charge is -2.35. The average molecular weight is 404 g/mol. The Morgan fingerprint density at radius 1 is 1.07 bits per heavy atom. The lowest BCUT2D eigenvalue weighted by molar-refractivity contribution is 0.0663. The van der Waals surface area contributed by atoms with E-state index in [1.165, 1.54) is 6.07 Å². The first-order valence-electron chi connectivity index (χ1n) is 9.21. The van der Waals surface area contributed by atoms with Gasteiger partial charge in [-0.25, -0.2) is 9.18 Å². The molecule has 5 nitrogen and oxygen atoms in total. The molecule has 1 saturated heterocycles. The Balaban J connectivity index is 1.54. The third-order valence-corrected chi connectivity index (χ3v) is 5.20. The maximum absolute atomic E-state index is 13.7. The van der Waals surface area contributed by atoms with Crippen molar-refractivity contribution in [3.05, 3.63) is 70.0 Å². The average Bonchev–Trinajstić information content (AvgIpc) is 2.69. The maximum atomic E-state index is 13.7. The molecule has 1 aliphatic rings. The Labute approximate surface area is 169 Å². The van der Waals surface area contributed by atoms with Crippen LogP contribution in [0.1, 0.15) is 34.5 Å². The van der Waals surface area contributed by atoms with Gasteiger partial charge in [0.05, 0.1) is 6.04 Å². The van der Waals surface area contributed by atoms with Crippen molar-refractivity contribution >= 4 is 23.5 Å². The van der Waals surface area contributed by atoms with Crippen LogP contribution in [0.15, 0.2) is 42.5 Å². The van der Waals surface area contributed by atoms with E-state index in [9.17, 15) is 14.0 Å². The molecule has 3 rings (SSSR count). The van der Waals surface area contributed by atoms with Gasteiger partial charge in [-0.3, -0.25) is 4.79 Å². The van der Waals surface area contributed by atoms with E-state index in [0.717, 1.165) is 0 Å². The molecule has 2 aromatic rings. The third-order valence-electron chi connectivity index (χ3n) is 4.96. The van der Waals surface area contributed by atoms with Crippen LogP contribution in [0.5, 0.6) is 0 Å². The number of urea groups is 1. The highest BCUT2D eigenvalue weighted by atomic mass is 35.5. The first-order valence-corrected chi connectivity index (χ1v) is 9.59. The van der Waals surface area contributed by atoms with Crippen LogP contribution in [0.2, 0.25) is 5.02 Å². The number of nitrogens with zero attached hydrogens (tertiary/aromatic N) is 2. The summed E-state index contributed by atoms with van der Waals surface area (Å²) in [6, 6.07) is 11.3. The summed E-state index contributed by atoms with van der Waals surface area (Å²) in [6.45, 7) is 5.30. The van der Waals surface area contributed by atoms with Gasteiger partial charge in [-0.2, -0.15) is 0 Å². The predicted octanol–water partition coefficient (Wildman–Crippen LogP) is 4.02. The topological polar surface area (TPSA) is 52.7 Å². The van der Waals surface area contributed by atoms with Crippen molar-refractivity contribution in [2.45, 2.75) is 19.9 Å². The van der Waals surface area contributed by atoms with Crippen LogP contribution in [0.3, 0.4) is 0 Å². The van der Waals surface area contributed by atoms with E-state index in [1.807, 2.05) is 13.0 Å². The molecule has 1 atom stereocenters. The fourth-order valence-corrected chi connectivity index (χ4v) is 3.35. The van der Waals surface area contributed by atoms with E-state index in [2.05, 4.69) is 5.32 Å². The standard InChI is InChI=1S/C21H23ClFN3O2/c1-14-6-7-16(13-19(14)23)15(2)24-21(28)26-10-8-25(9-11-26)20(27)17-4-3-5-18(22)12-17/h3-7,12-13,15H,8-11H2,1-2H3,(H,24,28). The number of carbonyl (C=O) groups excluding carboxylic acids is 2. The van der Waals surface area contributed by atoms with Gasteiger partial charge in [0.1, 0.15) is 5.82 Å². The van der Waals surface area contributed by atoms with Crippen LogP contribution in [0.25, 0.3) is 0 Å². The minimum Gasteiger partial charge on any atom is -0.335 e. The fraction of sp³-hybridized carbons (Fsp3) is 0.333. The summed E-state index contributed by atoms with van der Waals surface area (Å²) < 4.78 is 13.7. The molecular weight excluding hydrogens is 381 g/mol. The summed E-state index contributed by atoms with van der Waals surface area (Å²) >= 11 is 5.95. The summed E-state index contributed by atoms with van der Waals surface area (Å²) in [6.07, 6.45) is 0. The number of rotatable bonds is 3. The Morgan fingerprint density at radius 3 is 2.39 bits per heavy atom. The molecule has 28 heavy (non-hydrogen) atoms. The summed E-state index contributed by atoms with van der Waals surface area (Å²) in [5.41, 5.74) is 1.83. The summed E-state index contributed by atoms with van der Waals surface area (Å²) in [5.74, 6) is -0.377. The van der Waals surface area contributed by atoms with Crippen LogP contribution in [0.4, 0.5) is 9.18 Å². The lowest BCUT2D eigenvalue weighted by atomic mass is 10.1. The van der Waals surface area contributed by atoms with Gasteiger partial charge >= 0.3 is 6.03 Å². The Bertz CT molecular complexity index is 882. The van der Waals surface area contributed by atoms with Gasteiger partial charge < -0.3 is 15.1 Å². The quantitative estimate of drug-likeness (QED) is 0.841. The van der Waals surface area contributed by atoms with Crippen molar-refractivity contribution < 1.29 is 14.0 Å². The molecule has 0 aromatic heterocycles. The monoisotopic (exact) mass is 403 g/mol. The molecule has 0 radical (unpaired) electrons. The van der Waals surface area contributed by atoms with Crippen LogP contribution >= 0.6 is 11.6 Å². The van der Waals surface area contributed by atoms with Gasteiger partial charge in [-0.1, -0.05) is 29.8 Å². The van der Waals surface area contributed by atoms with Crippen molar-refractivity contribution in [3.63, 3.8) is 0 Å². The molecule has 7 heteroatoms. The Morgan fingerprint density at radius 2 is 1.75 bits per heavy atom. The molecule has 3 amide bonds. The number of hydrogen-bond donors (Lipinski definition) is 1. The van der Waals surface area contributed by atoms with Crippen LogP contribution in [0, 0.1) is 12.7 Å². The molecule has 0 aliphatic carbocycles. The Hall–Kier alpha value is -2.60. The first kappa shape index (κ1) is 20.1. The van der Waals surface area contributed by atoms with Crippen LogP contribution in [-0.2, 0) is 0 Å². The molecule has 0 saturated carbocycles. The molecule has 0 bridgehead atoms. The van der Waals surface area contributed by atoms with Crippen molar-refractivity contribution in [1.29, 1.82) is 0 Å². The minimum absolute atomic E-state index is 0.0916. The van der Waals surface area contributed by atoms with Gasteiger partial charge in [-0.05, 0) is 49.2 Å². The lowest BCUT2D eigenvalue weighted by Crippen LogP contribution is -2.53. The summed E-state index contributed by atoms with van der Waals surface area (Å²) in [7, 11) is 0. The molecule has 1 fully saturated rings. The molecule has 1 N–H and O–H groups in total. The fourth-order valence-electron chi connectivity index (χ4n) is 3.15. The minimum atomic E-state index is -0.311. The second kappa shape index (κ2) is 8.61. The largest absolute Gasteiger partial charge is 0.335 e. The van der Waals surface area contributed by atoms with Gasteiger partial charge in [0.25, 0.3) is 5.91 Å². The highest BCUT2D eigenvalue weighted by Gasteiger charge is 2.25. The van der Waals surface area contributed by atoms with E-state index in [-0.39, 0.29) is 23.8 Å². The zero-order valence-corrected chi connectivity index (χ0v) is 16.7. The number of aryl methyl sites for hydroxylation is 1. The molecule has 1 heterocycles. The SMILES string of the molecule is Cc1ccc(C(C)NC(=O)N2CCN(C(=O)c3cccc(Cl)c3)CC2)cc1F. The zero-order chi connectivity index (χ0) is 20.3. The van der Waals surface area contributed by atoms with Crippen molar-refractivity contribution in [2.75, 3.05) is 26.2 Å². The van der Waals surface area contributed by atoms with Crippen molar-refractivity contribution in [2.24, 2.45) is 0 Å². The van der Waals surface area contributed by atoms with E-state index in [0.29, 0.717) is 47.9 Å². The van der Waals surface area contributed by atoms with E-state index < -0.39 is 0 Å². The molecule has 0 spiro atoms. The normalized spacial score (nSPS) is 15.3. The molecule has 2 aromatic carbocycles. The van der Waals surface area contributed by atoms with Gasteiger partial charge in [0.2, 0.25) is 0 Å². The first-order chi connectivity index (χ1) is 13.3. The zero-order valence-electron chi connectivity index (χ0n) is 15.9. The molecule has 1 unspecified atom stereocenters. The van der Waals surface area contributed by atoms with Gasteiger partial charge in [0.15, 0.2) is 0 Å². The number of carbonyl (C=O) groups is 2. The molecule has 148 valence electrons. The summed E-state index contributed by atoms with van der Waals surface area (Å²) in [5, 5.41) is 3.41. The number of halogens is 2. The van der Waals surface area contributed by atoms with Crippen molar-refractivity contribution in [3.8, 4) is 0 Å². The second-order valence-corrected chi connectivity index (χ2v) is 7.41. The van der Waals surface area contributed by atoms with Crippen LogP contribution < -0.4 is 5.32 Å². The second-order valence-electron chi connectivity index (χ2n) is 6.97. The smallest absolute Gasteiger partial charge is 0.317 e. The maximum Gasteiger partial charge on any atom is 0.317 e. The van der Waals surface area contributed by atoms with Crippen LogP contribution in [-0.4, -0.2) is 47.9 Å². The van der Waals surface area contributed by atoms with Crippen molar-refractivity contribution in [1.82, 2.24) is 15.1 Å². The third kappa shape index (κ3) is 4.62. The molecule has 1 aliphatic heterocycles. The van der Waals surface area contributed by atoms with E-state index in [4.69, 9.17) is 11.6 Å². The number of piperazine rings is 1. The highest BCUT2D eigenvalue weighted by molar-refractivity contribution is 6.30. The predicted molar refractivity (Wildman–Crippen MR) is 107 cm³/mol. The number of nitrogens with one attached hydrogen (secondary N) is 1. The number of amides is 3. The number of hydrogen-bond acceptors (Lipinski definition) is 2. The Kier molecular flexibility index (Phi) is 6.19. The van der Waals surface area contributed by atoms with Gasteiger partial charge in [-0.15, -0.1) is 0 Å². The molecular formula is C21H23ClFN3O2.